The van der Waals surface area contributed by atoms with Crippen LogP contribution in [0.4, 0.5) is 0 Å². The quantitative estimate of drug-likeness (QED) is 0.0532. The Balaban J connectivity index is 3.32. The molecular weight excluding hydrogens is 891 g/mol. The zero-order valence-electron chi connectivity index (χ0n) is 50.7. The fourth-order valence-electron chi connectivity index (χ4n) is 11.6. The standard InChI is InChI=1S/C69H139NO3/c1-3-5-7-9-11-13-15-17-19-21-23-25-26-27-28-29-30-31-32-33-34-35-36-37-38-39-40-41-42-43-45-47-49-51-53-55-57-59-61-63-65-69(73)70-67(66-71)68(72)64-62-60-58-56-54-52-50-48-46-44-24-22-20-18-16-14-12-10-8-6-4-2/h67-68,71-72H,3-66H2,1-2H3,(H,70,73). The molecule has 1 amide bonds. The SMILES string of the molecule is CCCCCCCCCCCCCCCCCCCCCCCCCCCCCCCCCCCCCCCCCCC(=O)NC(CO)C(O)CCCCCCCCCCCCCCCCCCCCCCC. The average Bonchev–Trinajstić information content (AvgIpc) is 3.40. The third-order valence-electron chi connectivity index (χ3n) is 16.9. The number of carbonyl (C=O) groups is 1. The first kappa shape index (κ1) is 72.4. The van der Waals surface area contributed by atoms with Crippen molar-refractivity contribution in [1.29, 1.82) is 0 Å². The second-order valence-electron chi connectivity index (χ2n) is 24.3. The highest BCUT2D eigenvalue weighted by molar-refractivity contribution is 5.76. The van der Waals surface area contributed by atoms with Crippen molar-refractivity contribution in [2.45, 2.75) is 431 Å². The number of hydrogen-bond acceptors (Lipinski definition) is 3. The van der Waals surface area contributed by atoms with Crippen LogP contribution in [0.1, 0.15) is 418 Å². The Hall–Kier alpha value is -0.610. The first-order valence-corrected chi connectivity index (χ1v) is 34.7. The Bertz CT molecular complexity index is 987. The Morgan fingerprint density at radius 3 is 0.616 bits per heavy atom. The average molecular weight is 1030 g/mol. The molecule has 438 valence electrons. The van der Waals surface area contributed by atoms with E-state index in [0.717, 1.165) is 25.7 Å². The van der Waals surface area contributed by atoms with E-state index >= 15 is 0 Å². The Morgan fingerprint density at radius 2 is 0.438 bits per heavy atom. The molecule has 0 spiro atoms. The van der Waals surface area contributed by atoms with E-state index < -0.39 is 12.1 Å². The summed E-state index contributed by atoms with van der Waals surface area (Å²) in [7, 11) is 0. The van der Waals surface area contributed by atoms with Gasteiger partial charge in [0.15, 0.2) is 0 Å². The minimum absolute atomic E-state index is 0.0199. The molecule has 0 fully saturated rings. The smallest absolute Gasteiger partial charge is 0.220 e. The van der Waals surface area contributed by atoms with Crippen molar-refractivity contribution in [2.75, 3.05) is 6.61 Å². The Kier molecular flexibility index (Phi) is 65.1. The van der Waals surface area contributed by atoms with Crippen LogP contribution in [-0.2, 0) is 4.79 Å². The highest BCUT2D eigenvalue weighted by Gasteiger charge is 2.20. The molecule has 0 aliphatic heterocycles. The van der Waals surface area contributed by atoms with Gasteiger partial charge in [-0.05, 0) is 12.8 Å². The van der Waals surface area contributed by atoms with Crippen molar-refractivity contribution in [2.24, 2.45) is 0 Å². The summed E-state index contributed by atoms with van der Waals surface area (Å²) < 4.78 is 0. The van der Waals surface area contributed by atoms with Crippen molar-refractivity contribution in [1.82, 2.24) is 5.32 Å². The third-order valence-corrected chi connectivity index (χ3v) is 16.9. The summed E-state index contributed by atoms with van der Waals surface area (Å²) in [4.78, 5) is 12.5. The van der Waals surface area contributed by atoms with Crippen LogP contribution in [-0.4, -0.2) is 34.9 Å². The lowest BCUT2D eigenvalue weighted by Crippen LogP contribution is -2.45. The maximum absolute atomic E-state index is 12.5. The van der Waals surface area contributed by atoms with E-state index in [0.29, 0.717) is 12.8 Å². The lowest BCUT2D eigenvalue weighted by molar-refractivity contribution is -0.123. The highest BCUT2D eigenvalue weighted by Crippen LogP contribution is 2.20. The molecule has 3 N–H and O–H groups in total. The van der Waals surface area contributed by atoms with Gasteiger partial charge in [0.2, 0.25) is 5.91 Å². The summed E-state index contributed by atoms with van der Waals surface area (Å²) in [6.45, 7) is 4.42. The molecule has 0 radical (unpaired) electrons. The first-order chi connectivity index (χ1) is 36.2. The number of nitrogens with one attached hydrogen (secondary N) is 1. The van der Waals surface area contributed by atoms with Crippen molar-refractivity contribution < 1.29 is 15.0 Å². The number of carbonyl (C=O) groups excluding carboxylic acids is 1. The molecule has 0 bridgehead atoms. The second kappa shape index (κ2) is 65.7. The topological polar surface area (TPSA) is 69.6 Å². The third kappa shape index (κ3) is 62.1. The van der Waals surface area contributed by atoms with Crippen LogP contribution in [0.15, 0.2) is 0 Å². The van der Waals surface area contributed by atoms with Crippen LogP contribution in [0.3, 0.4) is 0 Å². The number of rotatable bonds is 66. The van der Waals surface area contributed by atoms with Gasteiger partial charge < -0.3 is 15.5 Å². The van der Waals surface area contributed by atoms with Crippen molar-refractivity contribution >= 4 is 5.91 Å². The van der Waals surface area contributed by atoms with Gasteiger partial charge in [-0.2, -0.15) is 0 Å². The van der Waals surface area contributed by atoms with Gasteiger partial charge >= 0.3 is 0 Å². The number of aliphatic hydroxyl groups excluding tert-OH is 2. The largest absolute Gasteiger partial charge is 0.394 e. The molecule has 2 unspecified atom stereocenters. The molecular formula is C69H139NO3. The van der Waals surface area contributed by atoms with E-state index in [1.807, 2.05) is 0 Å². The number of hydrogen-bond donors (Lipinski definition) is 3. The molecule has 0 heterocycles. The fourth-order valence-corrected chi connectivity index (χ4v) is 11.6. The summed E-state index contributed by atoms with van der Waals surface area (Å²) in [6, 6.07) is -0.532. The van der Waals surface area contributed by atoms with Gasteiger partial charge in [0.1, 0.15) is 0 Å². The summed E-state index contributed by atoms with van der Waals surface area (Å²) >= 11 is 0. The van der Waals surface area contributed by atoms with E-state index in [2.05, 4.69) is 19.2 Å². The van der Waals surface area contributed by atoms with Gasteiger partial charge in [-0.3, -0.25) is 4.79 Å². The van der Waals surface area contributed by atoms with Gasteiger partial charge in [0.05, 0.1) is 18.8 Å². The predicted octanol–water partition coefficient (Wildman–Crippen LogP) is 23.4. The van der Waals surface area contributed by atoms with Crippen molar-refractivity contribution in [3.8, 4) is 0 Å². The molecule has 4 nitrogen and oxygen atoms in total. The minimum Gasteiger partial charge on any atom is -0.394 e. The number of amides is 1. The molecule has 0 aliphatic rings. The van der Waals surface area contributed by atoms with Crippen LogP contribution >= 0.6 is 0 Å². The molecule has 4 heteroatoms. The summed E-state index contributed by atoms with van der Waals surface area (Å²) in [5, 5.41) is 23.4. The van der Waals surface area contributed by atoms with E-state index in [1.165, 1.54) is 366 Å². The summed E-state index contributed by atoms with van der Waals surface area (Å²) in [5.41, 5.74) is 0. The molecule has 73 heavy (non-hydrogen) atoms. The molecule has 0 aromatic carbocycles. The summed E-state index contributed by atoms with van der Waals surface area (Å²) in [6.07, 6.45) is 86.0. The van der Waals surface area contributed by atoms with Crippen LogP contribution in [0, 0.1) is 0 Å². The molecule has 0 aliphatic carbocycles. The number of aliphatic hydroxyl groups is 2. The van der Waals surface area contributed by atoms with Crippen LogP contribution in [0.5, 0.6) is 0 Å². The lowest BCUT2D eigenvalue weighted by atomic mass is 10.0. The van der Waals surface area contributed by atoms with Gasteiger partial charge in [0, 0.05) is 6.42 Å². The predicted molar refractivity (Wildman–Crippen MR) is 327 cm³/mol. The van der Waals surface area contributed by atoms with E-state index in [-0.39, 0.29) is 12.5 Å². The molecule has 0 saturated heterocycles. The second-order valence-corrected chi connectivity index (χ2v) is 24.3. The van der Waals surface area contributed by atoms with Gasteiger partial charge in [-0.1, -0.05) is 399 Å². The van der Waals surface area contributed by atoms with Crippen LogP contribution in [0.25, 0.3) is 0 Å². The summed E-state index contributed by atoms with van der Waals surface area (Å²) in [5.74, 6) is -0.0199. The normalized spacial score (nSPS) is 12.5. The number of unbranched alkanes of at least 4 members (excludes halogenated alkanes) is 59. The van der Waals surface area contributed by atoms with E-state index in [1.54, 1.807) is 0 Å². The lowest BCUT2D eigenvalue weighted by Gasteiger charge is -2.22. The zero-order valence-corrected chi connectivity index (χ0v) is 50.7. The van der Waals surface area contributed by atoms with Gasteiger partial charge in [-0.25, -0.2) is 0 Å². The zero-order chi connectivity index (χ0) is 52.7. The van der Waals surface area contributed by atoms with Crippen molar-refractivity contribution in [3.05, 3.63) is 0 Å². The Labute approximate surface area is 461 Å². The molecule has 0 aromatic rings. The van der Waals surface area contributed by atoms with E-state index in [9.17, 15) is 15.0 Å². The van der Waals surface area contributed by atoms with Crippen LogP contribution in [0.2, 0.25) is 0 Å². The maximum Gasteiger partial charge on any atom is 0.220 e. The van der Waals surface area contributed by atoms with Gasteiger partial charge in [0.25, 0.3) is 0 Å². The minimum atomic E-state index is -0.656. The molecule has 2 atom stereocenters. The molecule has 0 aromatic heterocycles. The van der Waals surface area contributed by atoms with E-state index in [4.69, 9.17) is 0 Å². The fraction of sp³-hybridized carbons (Fsp3) is 0.986. The molecule has 0 rings (SSSR count). The van der Waals surface area contributed by atoms with Crippen molar-refractivity contribution in [3.63, 3.8) is 0 Å². The van der Waals surface area contributed by atoms with Gasteiger partial charge in [-0.15, -0.1) is 0 Å². The maximum atomic E-state index is 12.5. The Morgan fingerprint density at radius 1 is 0.274 bits per heavy atom. The first-order valence-electron chi connectivity index (χ1n) is 34.7. The highest BCUT2D eigenvalue weighted by atomic mass is 16.3. The monoisotopic (exact) mass is 1030 g/mol. The molecule has 0 saturated carbocycles. The van der Waals surface area contributed by atoms with Crippen LogP contribution < -0.4 is 5.32 Å².